The molecule has 2 aromatic heterocycles. The third kappa shape index (κ3) is 2.98. The molecular weight excluding hydrogens is 306 g/mol. The van der Waals surface area contributed by atoms with Crippen LogP contribution in [0.4, 0.5) is 5.82 Å². The van der Waals surface area contributed by atoms with E-state index >= 15 is 0 Å². The fourth-order valence-corrected chi connectivity index (χ4v) is 2.91. The van der Waals surface area contributed by atoms with Crippen molar-refractivity contribution in [3.8, 4) is 0 Å². The molecule has 1 aliphatic rings. The lowest BCUT2D eigenvalue weighted by atomic mass is 10.2. The minimum absolute atomic E-state index is 0.0741. The van der Waals surface area contributed by atoms with E-state index in [-0.39, 0.29) is 5.91 Å². The van der Waals surface area contributed by atoms with Gasteiger partial charge in [-0.2, -0.15) is 0 Å². The normalized spacial score (nSPS) is 15.0. The summed E-state index contributed by atoms with van der Waals surface area (Å²) in [5.74, 6) is 1.87. The number of hydrogen-bond donors (Lipinski definition) is 0. The standard InChI is InChI=1S/C17H23N5O2/c1-5-14-20-13(4)15(24-14)17(23)22-8-6-21(7-9-22)16-11(2)12(3)18-10-19-16/h10H,5-9H2,1-4H3. The monoisotopic (exact) mass is 329 g/mol. The molecule has 0 radical (unpaired) electrons. The highest BCUT2D eigenvalue weighted by atomic mass is 16.4. The van der Waals surface area contributed by atoms with Crippen LogP contribution in [0.3, 0.4) is 0 Å². The molecule has 3 rings (SSSR count). The molecule has 0 bridgehead atoms. The molecule has 1 saturated heterocycles. The van der Waals surface area contributed by atoms with E-state index in [4.69, 9.17) is 4.42 Å². The van der Waals surface area contributed by atoms with Gasteiger partial charge in [-0.05, 0) is 20.8 Å². The molecule has 0 saturated carbocycles. The molecule has 7 nitrogen and oxygen atoms in total. The Kier molecular flexibility index (Phi) is 4.51. The fourth-order valence-electron chi connectivity index (χ4n) is 2.91. The first-order valence-electron chi connectivity index (χ1n) is 8.30. The van der Waals surface area contributed by atoms with Crippen molar-refractivity contribution < 1.29 is 9.21 Å². The van der Waals surface area contributed by atoms with Crippen molar-refractivity contribution in [3.05, 3.63) is 34.9 Å². The number of aromatic nitrogens is 3. The maximum absolute atomic E-state index is 12.7. The summed E-state index contributed by atoms with van der Waals surface area (Å²) in [6, 6.07) is 0. The topological polar surface area (TPSA) is 75.4 Å². The van der Waals surface area contributed by atoms with Gasteiger partial charge in [0.2, 0.25) is 5.76 Å². The molecule has 1 amide bonds. The van der Waals surface area contributed by atoms with Crippen LogP contribution in [0.2, 0.25) is 0 Å². The maximum atomic E-state index is 12.7. The van der Waals surface area contributed by atoms with Crippen LogP contribution in [0.5, 0.6) is 0 Å². The van der Waals surface area contributed by atoms with E-state index < -0.39 is 0 Å². The van der Waals surface area contributed by atoms with Gasteiger partial charge in [-0.15, -0.1) is 0 Å². The molecule has 0 N–H and O–H groups in total. The number of hydrogen-bond acceptors (Lipinski definition) is 6. The van der Waals surface area contributed by atoms with Crippen molar-refractivity contribution in [1.82, 2.24) is 19.9 Å². The molecule has 3 heterocycles. The first-order valence-corrected chi connectivity index (χ1v) is 8.30. The summed E-state index contributed by atoms with van der Waals surface area (Å²) in [4.78, 5) is 29.6. The fraction of sp³-hybridized carbons (Fsp3) is 0.529. The number of rotatable bonds is 3. The minimum Gasteiger partial charge on any atom is -0.435 e. The minimum atomic E-state index is -0.0741. The number of amides is 1. The maximum Gasteiger partial charge on any atom is 0.291 e. The zero-order valence-electron chi connectivity index (χ0n) is 14.7. The first-order chi connectivity index (χ1) is 11.5. The van der Waals surface area contributed by atoms with Crippen LogP contribution in [-0.4, -0.2) is 51.9 Å². The van der Waals surface area contributed by atoms with Crippen LogP contribution in [0.25, 0.3) is 0 Å². The van der Waals surface area contributed by atoms with Gasteiger partial charge in [0.05, 0.1) is 5.69 Å². The van der Waals surface area contributed by atoms with Crippen LogP contribution in [0, 0.1) is 20.8 Å². The average Bonchev–Trinajstić information content (AvgIpc) is 2.98. The van der Waals surface area contributed by atoms with Gasteiger partial charge in [0.1, 0.15) is 12.1 Å². The van der Waals surface area contributed by atoms with Crippen LogP contribution >= 0.6 is 0 Å². The van der Waals surface area contributed by atoms with Crippen molar-refractivity contribution in [2.75, 3.05) is 31.1 Å². The summed E-state index contributed by atoms with van der Waals surface area (Å²) in [5, 5.41) is 0. The number of carbonyl (C=O) groups excluding carboxylic acids is 1. The Morgan fingerprint density at radius 3 is 2.46 bits per heavy atom. The van der Waals surface area contributed by atoms with E-state index in [1.165, 1.54) is 0 Å². The number of aryl methyl sites for hydroxylation is 3. The van der Waals surface area contributed by atoms with E-state index in [9.17, 15) is 4.79 Å². The van der Waals surface area contributed by atoms with Crippen LogP contribution < -0.4 is 4.90 Å². The smallest absolute Gasteiger partial charge is 0.291 e. The number of carbonyl (C=O) groups is 1. The van der Waals surface area contributed by atoms with Crippen LogP contribution in [0.1, 0.15) is 40.3 Å². The van der Waals surface area contributed by atoms with Crippen molar-refractivity contribution in [3.63, 3.8) is 0 Å². The number of piperazine rings is 1. The Labute approximate surface area is 141 Å². The summed E-state index contributed by atoms with van der Waals surface area (Å²) in [6.07, 6.45) is 2.29. The van der Waals surface area contributed by atoms with E-state index in [1.807, 2.05) is 32.6 Å². The van der Waals surface area contributed by atoms with Crippen molar-refractivity contribution in [1.29, 1.82) is 0 Å². The summed E-state index contributed by atoms with van der Waals surface area (Å²) in [7, 11) is 0. The molecule has 0 aliphatic carbocycles. The Morgan fingerprint density at radius 1 is 1.12 bits per heavy atom. The van der Waals surface area contributed by atoms with Crippen LogP contribution in [0.15, 0.2) is 10.7 Å². The largest absolute Gasteiger partial charge is 0.435 e. The van der Waals surface area contributed by atoms with Gasteiger partial charge in [0, 0.05) is 43.9 Å². The lowest BCUT2D eigenvalue weighted by molar-refractivity contribution is 0.0711. The molecule has 0 spiro atoms. The van der Waals surface area contributed by atoms with Gasteiger partial charge in [-0.25, -0.2) is 15.0 Å². The summed E-state index contributed by atoms with van der Waals surface area (Å²) in [6.45, 7) is 10.6. The van der Waals surface area contributed by atoms with Crippen molar-refractivity contribution in [2.24, 2.45) is 0 Å². The van der Waals surface area contributed by atoms with Gasteiger partial charge in [-0.3, -0.25) is 4.79 Å². The number of nitrogens with zero attached hydrogens (tertiary/aromatic N) is 5. The van der Waals surface area contributed by atoms with E-state index in [1.54, 1.807) is 6.33 Å². The molecule has 7 heteroatoms. The molecule has 2 aromatic rings. The van der Waals surface area contributed by atoms with Crippen LogP contribution in [-0.2, 0) is 6.42 Å². The van der Waals surface area contributed by atoms with Crippen molar-refractivity contribution in [2.45, 2.75) is 34.1 Å². The van der Waals surface area contributed by atoms with E-state index in [0.29, 0.717) is 36.9 Å². The molecule has 1 aliphatic heterocycles. The summed E-state index contributed by atoms with van der Waals surface area (Å²) in [5.41, 5.74) is 2.75. The second-order valence-electron chi connectivity index (χ2n) is 6.06. The molecule has 0 unspecified atom stereocenters. The lowest BCUT2D eigenvalue weighted by Gasteiger charge is -2.35. The average molecular weight is 329 g/mol. The lowest BCUT2D eigenvalue weighted by Crippen LogP contribution is -2.49. The molecule has 24 heavy (non-hydrogen) atoms. The van der Waals surface area contributed by atoms with E-state index in [2.05, 4.69) is 19.9 Å². The van der Waals surface area contributed by atoms with Crippen molar-refractivity contribution >= 4 is 11.7 Å². The van der Waals surface area contributed by atoms with E-state index in [0.717, 1.165) is 30.2 Å². The van der Waals surface area contributed by atoms with Gasteiger partial charge < -0.3 is 14.2 Å². The highest BCUT2D eigenvalue weighted by molar-refractivity contribution is 5.92. The van der Waals surface area contributed by atoms with Gasteiger partial charge in [-0.1, -0.05) is 6.92 Å². The van der Waals surface area contributed by atoms with Gasteiger partial charge in [0.15, 0.2) is 5.89 Å². The highest BCUT2D eigenvalue weighted by Gasteiger charge is 2.27. The predicted octanol–water partition coefficient (Wildman–Crippen LogP) is 1.91. The number of anilines is 1. The Morgan fingerprint density at radius 2 is 1.83 bits per heavy atom. The predicted molar refractivity (Wildman–Crippen MR) is 90.2 cm³/mol. The molecular formula is C17H23N5O2. The summed E-state index contributed by atoms with van der Waals surface area (Å²) < 4.78 is 5.59. The third-order valence-electron chi connectivity index (χ3n) is 4.51. The Bertz CT molecular complexity index is 747. The molecule has 1 fully saturated rings. The first kappa shape index (κ1) is 16.4. The summed E-state index contributed by atoms with van der Waals surface area (Å²) >= 11 is 0. The quantitative estimate of drug-likeness (QED) is 0.856. The second-order valence-corrected chi connectivity index (χ2v) is 6.06. The molecule has 128 valence electrons. The zero-order valence-corrected chi connectivity index (χ0v) is 14.7. The molecule has 0 atom stereocenters. The third-order valence-corrected chi connectivity index (χ3v) is 4.51. The zero-order chi connectivity index (χ0) is 17.3. The van der Waals surface area contributed by atoms with Gasteiger partial charge >= 0.3 is 0 Å². The Balaban J connectivity index is 1.69. The molecule has 0 aromatic carbocycles. The highest BCUT2D eigenvalue weighted by Crippen LogP contribution is 2.21. The SMILES string of the molecule is CCc1nc(C)c(C(=O)N2CCN(c3ncnc(C)c3C)CC2)o1. The second kappa shape index (κ2) is 6.59. The number of oxazole rings is 1. The van der Waals surface area contributed by atoms with Gasteiger partial charge in [0.25, 0.3) is 5.91 Å². The Hall–Kier alpha value is -2.44.